The van der Waals surface area contributed by atoms with Crippen LogP contribution < -0.4 is 0 Å². The van der Waals surface area contributed by atoms with Gasteiger partial charge in [0.05, 0.1) is 0 Å². The number of nitrogens with one attached hydrogen (secondary N) is 1. The highest BCUT2D eigenvalue weighted by Crippen LogP contribution is 2.31. The van der Waals surface area contributed by atoms with Gasteiger partial charge in [0, 0.05) is 43.5 Å². The topological polar surface area (TPSA) is 52.2 Å². The average Bonchev–Trinajstić information content (AvgIpc) is 2.95. The highest BCUT2D eigenvalue weighted by molar-refractivity contribution is 5.94. The number of piperidine rings is 1. The first-order valence-electron chi connectivity index (χ1n) is 10.5. The molecule has 1 aromatic heterocycles. The van der Waals surface area contributed by atoms with Crippen LogP contribution in [0, 0.1) is 11.7 Å². The summed E-state index contributed by atoms with van der Waals surface area (Å²) in [5.41, 5.74) is 4.10. The van der Waals surface area contributed by atoms with E-state index in [1.165, 1.54) is 25.0 Å². The number of hydrogen-bond donors (Lipinski definition) is 1. The number of aryl methyl sites for hydroxylation is 1. The van der Waals surface area contributed by atoms with Gasteiger partial charge in [-0.05, 0) is 62.1 Å². The molecule has 6 heteroatoms. The quantitative estimate of drug-likeness (QED) is 0.887. The third kappa shape index (κ3) is 3.34. The number of carbonyl (C=O) groups excluding carboxylic acids is 1. The number of amides is 1. The van der Waals surface area contributed by atoms with Crippen LogP contribution in [0.3, 0.4) is 0 Å². The minimum absolute atomic E-state index is 0.109. The second-order valence-electron chi connectivity index (χ2n) is 8.61. The summed E-state index contributed by atoms with van der Waals surface area (Å²) in [7, 11) is 0. The second kappa shape index (κ2) is 7.32. The lowest BCUT2D eigenvalue weighted by Crippen LogP contribution is -2.47. The molecule has 2 aromatic rings. The number of H-pyrrole nitrogens is 1. The van der Waals surface area contributed by atoms with Crippen molar-refractivity contribution in [2.75, 3.05) is 19.6 Å². The van der Waals surface area contributed by atoms with Crippen LogP contribution in [0.4, 0.5) is 4.39 Å². The van der Waals surface area contributed by atoms with Crippen molar-refractivity contribution in [2.24, 2.45) is 5.92 Å². The van der Waals surface area contributed by atoms with Crippen LogP contribution in [0.25, 0.3) is 0 Å². The molecule has 28 heavy (non-hydrogen) atoms. The van der Waals surface area contributed by atoms with E-state index < -0.39 is 0 Å². The Hall–Kier alpha value is -2.21. The lowest BCUT2D eigenvalue weighted by molar-refractivity contribution is 0.0577. The first-order valence-corrected chi connectivity index (χ1v) is 10.5. The lowest BCUT2D eigenvalue weighted by atomic mass is 9.92. The molecule has 1 aliphatic carbocycles. The van der Waals surface area contributed by atoms with Crippen molar-refractivity contribution in [1.82, 2.24) is 20.0 Å². The van der Waals surface area contributed by atoms with Crippen LogP contribution in [0.5, 0.6) is 0 Å². The van der Waals surface area contributed by atoms with Gasteiger partial charge in [0.1, 0.15) is 5.82 Å². The van der Waals surface area contributed by atoms with Crippen LogP contribution in [-0.2, 0) is 19.4 Å². The van der Waals surface area contributed by atoms with E-state index in [0.717, 1.165) is 68.7 Å². The van der Waals surface area contributed by atoms with E-state index >= 15 is 0 Å². The fraction of sp³-hybridized carbons (Fsp3) is 0.545. The van der Waals surface area contributed by atoms with Gasteiger partial charge in [-0.1, -0.05) is 12.1 Å². The van der Waals surface area contributed by atoms with E-state index in [1.807, 2.05) is 12.1 Å². The molecule has 6 rings (SSSR count). The summed E-state index contributed by atoms with van der Waals surface area (Å²) in [6.45, 7) is 3.51. The predicted molar refractivity (Wildman–Crippen MR) is 104 cm³/mol. The summed E-state index contributed by atoms with van der Waals surface area (Å²) in [5, 5.41) is 7.53. The third-order valence-corrected chi connectivity index (χ3v) is 6.63. The molecule has 1 aromatic carbocycles. The monoisotopic (exact) mass is 382 g/mol. The maximum atomic E-state index is 13.4. The largest absolute Gasteiger partial charge is 0.333 e. The number of carbonyl (C=O) groups is 1. The highest BCUT2D eigenvalue weighted by atomic mass is 19.1. The fourth-order valence-corrected chi connectivity index (χ4v) is 5.20. The molecular formula is C22H27FN4O. The van der Waals surface area contributed by atoms with E-state index in [-0.39, 0.29) is 17.8 Å². The normalized spacial score (nSPS) is 24.8. The maximum Gasteiger partial charge on any atom is 0.274 e. The molecule has 2 unspecified atom stereocenters. The first kappa shape index (κ1) is 17.9. The molecule has 2 bridgehead atoms. The van der Waals surface area contributed by atoms with E-state index in [4.69, 9.17) is 0 Å². The minimum Gasteiger partial charge on any atom is -0.333 e. The van der Waals surface area contributed by atoms with Crippen LogP contribution in [0.2, 0.25) is 0 Å². The Morgan fingerprint density at radius 1 is 1.11 bits per heavy atom. The molecule has 4 heterocycles. The molecule has 5 nitrogen and oxygen atoms in total. The van der Waals surface area contributed by atoms with E-state index in [2.05, 4.69) is 20.0 Å². The average molecular weight is 382 g/mol. The fourth-order valence-electron chi connectivity index (χ4n) is 5.20. The molecule has 0 saturated carbocycles. The molecule has 148 valence electrons. The summed E-state index contributed by atoms with van der Waals surface area (Å²) < 4.78 is 13.2. The van der Waals surface area contributed by atoms with Gasteiger partial charge >= 0.3 is 0 Å². The summed E-state index contributed by atoms with van der Waals surface area (Å²) in [6.07, 6.45) is 6.52. The lowest BCUT2D eigenvalue weighted by Gasteiger charge is -2.36. The molecule has 3 saturated heterocycles. The van der Waals surface area contributed by atoms with Gasteiger partial charge in [0.15, 0.2) is 5.69 Å². The number of aromatic nitrogens is 2. The Kier molecular flexibility index (Phi) is 4.67. The van der Waals surface area contributed by atoms with Crippen molar-refractivity contribution in [3.05, 3.63) is 52.6 Å². The Morgan fingerprint density at radius 2 is 1.93 bits per heavy atom. The highest BCUT2D eigenvalue weighted by Gasteiger charge is 2.39. The van der Waals surface area contributed by atoms with Gasteiger partial charge in [-0.15, -0.1) is 0 Å². The van der Waals surface area contributed by atoms with Gasteiger partial charge in [-0.2, -0.15) is 5.10 Å². The Bertz CT molecular complexity index is 862. The van der Waals surface area contributed by atoms with E-state index in [9.17, 15) is 9.18 Å². The second-order valence-corrected chi connectivity index (χ2v) is 8.61. The molecule has 3 fully saturated rings. The van der Waals surface area contributed by atoms with Crippen molar-refractivity contribution in [3.8, 4) is 0 Å². The van der Waals surface area contributed by atoms with Crippen LogP contribution in [-0.4, -0.2) is 51.6 Å². The van der Waals surface area contributed by atoms with Crippen LogP contribution in [0.15, 0.2) is 24.3 Å². The minimum atomic E-state index is -0.196. The maximum absolute atomic E-state index is 13.4. The summed E-state index contributed by atoms with van der Waals surface area (Å²) in [6, 6.07) is 7.02. The number of halogens is 1. The van der Waals surface area contributed by atoms with Crippen molar-refractivity contribution >= 4 is 5.91 Å². The zero-order valence-corrected chi connectivity index (χ0v) is 16.2. The Labute approximate surface area is 164 Å². The molecule has 1 N–H and O–H groups in total. The smallest absolute Gasteiger partial charge is 0.274 e. The SMILES string of the molecule is O=C(c1n[nH]c2c1CCCC2)N1CC2CCC1CN(Cc1ccc(F)cc1)C2. The van der Waals surface area contributed by atoms with Gasteiger partial charge < -0.3 is 4.90 Å². The van der Waals surface area contributed by atoms with Crippen LogP contribution >= 0.6 is 0 Å². The number of rotatable bonds is 3. The number of aromatic amines is 1. The number of benzene rings is 1. The van der Waals surface area contributed by atoms with Gasteiger partial charge in [-0.25, -0.2) is 4.39 Å². The number of hydrogen-bond acceptors (Lipinski definition) is 3. The molecule has 0 radical (unpaired) electrons. The number of nitrogens with zero attached hydrogens (tertiary/aromatic N) is 3. The zero-order chi connectivity index (χ0) is 19.1. The molecule has 1 amide bonds. The molecule has 0 spiro atoms. The molecule has 3 aliphatic heterocycles. The van der Waals surface area contributed by atoms with Gasteiger partial charge in [0.25, 0.3) is 5.91 Å². The van der Waals surface area contributed by atoms with Crippen molar-refractivity contribution < 1.29 is 9.18 Å². The molecular weight excluding hydrogens is 355 g/mol. The Balaban J connectivity index is 1.33. The third-order valence-electron chi connectivity index (χ3n) is 6.63. The van der Waals surface area contributed by atoms with Crippen molar-refractivity contribution in [2.45, 2.75) is 51.1 Å². The van der Waals surface area contributed by atoms with E-state index in [0.29, 0.717) is 11.6 Å². The summed E-state index contributed by atoms with van der Waals surface area (Å²) in [4.78, 5) is 17.9. The van der Waals surface area contributed by atoms with Crippen molar-refractivity contribution in [1.29, 1.82) is 0 Å². The zero-order valence-electron chi connectivity index (χ0n) is 16.2. The molecule has 2 atom stereocenters. The Morgan fingerprint density at radius 3 is 2.79 bits per heavy atom. The first-order chi connectivity index (χ1) is 13.7. The van der Waals surface area contributed by atoms with Crippen molar-refractivity contribution in [3.63, 3.8) is 0 Å². The number of fused-ring (bicyclic) bond motifs is 5. The standard InChI is InChI=1S/C22H27FN4O/c23-17-8-5-15(6-9-17)11-26-12-16-7-10-18(14-26)27(13-16)22(28)21-19-3-1-2-4-20(19)24-25-21/h5-6,8-9,16,18H,1-4,7,10-14H2,(H,24,25). The van der Waals surface area contributed by atoms with Crippen LogP contribution in [0.1, 0.15) is 53.0 Å². The van der Waals surface area contributed by atoms with Gasteiger partial charge in [-0.3, -0.25) is 14.8 Å². The van der Waals surface area contributed by atoms with Gasteiger partial charge in [0.2, 0.25) is 0 Å². The predicted octanol–water partition coefficient (Wildman–Crippen LogP) is 3.16. The summed E-state index contributed by atoms with van der Waals surface area (Å²) in [5.74, 6) is 0.412. The summed E-state index contributed by atoms with van der Waals surface area (Å²) >= 11 is 0. The van der Waals surface area contributed by atoms with E-state index in [1.54, 1.807) is 0 Å². The molecule has 4 aliphatic rings.